The van der Waals surface area contributed by atoms with E-state index in [2.05, 4.69) is 38.2 Å². The van der Waals surface area contributed by atoms with E-state index in [4.69, 9.17) is 0 Å². The van der Waals surface area contributed by atoms with Crippen LogP contribution in [0.4, 0.5) is 0 Å². The fourth-order valence-corrected chi connectivity index (χ4v) is 0.660. The molecular formula is C7H14N2. The normalized spacial score (nSPS) is 28.0. The van der Waals surface area contributed by atoms with Crippen molar-refractivity contribution < 1.29 is 0 Å². The Morgan fingerprint density at radius 3 is 1.89 bits per heavy atom. The van der Waals surface area contributed by atoms with Crippen molar-refractivity contribution >= 4 is 6.21 Å². The molecule has 2 nitrogen and oxygen atoms in total. The highest BCUT2D eigenvalue weighted by molar-refractivity contribution is 5.68. The molecule has 2 heteroatoms. The smallest absolute Gasteiger partial charge is 0.0593 e. The van der Waals surface area contributed by atoms with E-state index >= 15 is 0 Å². The van der Waals surface area contributed by atoms with Gasteiger partial charge in [0.25, 0.3) is 0 Å². The minimum atomic E-state index is 0.118. The highest BCUT2D eigenvalue weighted by Crippen LogP contribution is 2.31. The van der Waals surface area contributed by atoms with Crippen LogP contribution in [-0.2, 0) is 0 Å². The van der Waals surface area contributed by atoms with Crippen molar-refractivity contribution in [1.82, 2.24) is 5.43 Å². The summed E-state index contributed by atoms with van der Waals surface area (Å²) in [6.45, 7) is 8.66. The Morgan fingerprint density at radius 1 is 1.22 bits per heavy atom. The molecule has 0 aromatic rings. The summed E-state index contributed by atoms with van der Waals surface area (Å²) in [7, 11) is 0. The Bertz CT molecular complexity index is 145. The second-order valence-electron chi connectivity index (χ2n) is 3.72. The predicted octanol–water partition coefficient (Wildman–Crippen LogP) is 1.38. The summed E-state index contributed by atoms with van der Waals surface area (Å²) < 4.78 is 0. The summed E-state index contributed by atoms with van der Waals surface area (Å²) in [5.74, 6) is 0. The first-order chi connectivity index (χ1) is 3.96. The number of hydrazone groups is 1. The van der Waals surface area contributed by atoms with Gasteiger partial charge in [-0.25, -0.2) is 0 Å². The quantitative estimate of drug-likeness (QED) is 0.521. The summed E-state index contributed by atoms with van der Waals surface area (Å²) in [4.78, 5) is 0. The molecule has 0 aromatic carbocycles. The molecule has 0 unspecified atom stereocenters. The largest absolute Gasteiger partial charge is 0.304 e. The van der Waals surface area contributed by atoms with Crippen LogP contribution in [0.15, 0.2) is 5.10 Å². The Kier molecular flexibility index (Phi) is 1.09. The fraction of sp³-hybridized carbons (Fsp3) is 0.857. The van der Waals surface area contributed by atoms with Crippen molar-refractivity contribution in [1.29, 1.82) is 0 Å². The van der Waals surface area contributed by atoms with Gasteiger partial charge in [-0.05, 0) is 13.8 Å². The van der Waals surface area contributed by atoms with E-state index in [1.165, 1.54) is 0 Å². The third-order valence-corrected chi connectivity index (χ3v) is 2.34. The molecule has 0 fully saturated rings. The van der Waals surface area contributed by atoms with E-state index in [1.807, 2.05) is 6.21 Å². The van der Waals surface area contributed by atoms with Crippen molar-refractivity contribution in [3.63, 3.8) is 0 Å². The molecule has 9 heavy (non-hydrogen) atoms. The monoisotopic (exact) mass is 126 g/mol. The van der Waals surface area contributed by atoms with Crippen LogP contribution < -0.4 is 5.43 Å². The molecule has 1 rings (SSSR count). The van der Waals surface area contributed by atoms with Gasteiger partial charge in [0.1, 0.15) is 0 Å². The van der Waals surface area contributed by atoms with Crippen LogP contribution in [0.1, 0.15) is 27.7 Å². The minimum Gasteiger partial charge on any atom is -0.304 e. The molecule has 0 spiro atoms. The van der Waals surface area contributed by atoms with Crippen LogP contribution in [0.5, 0.6) is 0 Å². The van der Waals surface area contributed by atoms with Crippen LogP contribution in [-0.4, -0.2) is 11.8 Å². The van der Waals surface area contributed by atoms with E-state index < -0.39 is 0 Å². The molecule has 1 heterocycles. The SMILES string of the molecule is CC1(C)C=NNC1(C)C. The van der Waals surface area contributed by atoms with Crippen LogP contribution in [0.25, 0.3) is 0 Å². The van der Waals surface area contributed by atoms with Gasteiger partial charge in [0.15, 0.2) is 0 Å². The molecule has 0 amide bonds. The van der Waals surface area contributed by atoms with Gasteiger partial charge < -0.3 is 5.43 Å². The third kappa shape index (κ3) is 0.824. The Balaban J connectivity index is 2.84. The topological polar surface area (TPSA) is 24.4 Å². The lowest BCUT2D eigenvalue weighted by atomic mass is 9.77. The first-order valence-corrected chi connectivity index (χ1v) is 3.27. The van der Waals surface area contributed by atoms with E-state index in [0.717, 1.165) is 0 Å². The van der Waals surface area contributed by atoms with Gasteiger partial charge in [0.2, 0.25) is 0 Å². The molecule has 0 atom stereocenters. The number of hydrogen-bond acceptors (Lipinski definition) is 2. The zero-order valence-electron chi connectivity index (χ0n) is 6.52. The van der Waals surface area contributed by atoms with Gasteiger partial charge in [0, 0.05) is 11.6 Å². The Labute approximate surface area is 56.3 Å². The van der Waals surface area contributed by atoms with Crippen molar-refractivity contribution in [2.45, 2.75) is 33.2 Å². The van der Waals surface area contributed by atoms with Gasteiger partial charge in [-0.15, -0.1) is 0 Å². The van der Waals surface area contributed by atoms with Gasteiger partial charge in [-0.2, -0.15) is 5.10 Å². The number of rotatable bonds is 0. The van der Waals surface area contributed by atoms with E-state index in [0.29, 0.717) is 0 Å². The maximum Gasteiger partial charge on any atom is 0.0593 e. The average molecular weight is 126 g/mol. The lowest BCUT2D eigenvalue weighted by molar-refractivity contribution is 0.270. The molecule has 0 aliphatic carbocycles. The molecule has 0 saturated heterocycles. The highest BCUT2D eigenvalue weighted by Gasteiger charge is 2.38. The molecular weight excluding hydrogens is 112 g/mol. The molecule has 52 valence electrons. The van der Waals surface area contributed by atoms with Crippen LogP contribution >= 0.6 is 0 Å². The van der Waals surface area contributed by atoms with Gasteiger partial charge in [-0.1, -0.05) is 13.8 Å². The third-order valence-electron chi connectivity index (χ3n) is 2.34. The number of hydrogen-bond donors (Lipinski definition) is 1. The van der Waals surface area contributed by atoms with Crippen molar-refractivity contribution in [2.24, 2.45) is 10.5 Å². The zero-order valence-corrected chi connectivity index (χ0v) is 6.52. The lowest BCUT2D eigenvalue weighted by Crippen LogP contribution is -2.44. The van der Waals surface area contributed by atoms with Gasteiger partial charge in [-0.3, -0.25) is 0 Å². The summed E-state index contributed by atoms with van der Waals surface area (Å²) in [6.07, 6.45) is 1.97. The van der Waals surface area contributed by atoms with Crippen molar-refractivity contribution in [2.75, 3.05) is 0 Å². The molecule has 1 aliphatic rings. The first-order valence-electron chi connectivity index (χ1n) is 3.27. The highest BCUT2D eigenvalue weighted by atomic mass is 15.4. The summed E-state index contributed by atoms with van der Waals surface area (Å²) in [5, 5.41) is 4.01. The zero-order chi connectivity index (χ0) is 7.12. The first kappa shape index (κ1) is 6.59. The van der Waals surface area contributed by atoms with Gasteiger partial charge >= 0.3 is 0 Å². The minimum absolute atomic E-state index is 0.118. The van der Waals surface area contributed by atoms with Gasteiger partial charge in [0.05, 0.1) is 5.54 Å². The number of nitrogens with zero attached hydrogens (tertiary/aromatic N) is 1. The molecule has 0 bridgehead atoms. The van der Waals surface area contributed by atoms with E-state index in [-0.39, 0.29) is 11.0 Å². The van der Waals surface area contributed by atoms with Crippen LogP contribution in [0, 0.1) is 5.41 Å². The maximum absolute atomic E-state index is 4.01. The van der Waals surface area contributed by atoms with Crippen molar-refractivity contribution in [3.8, 4) is 0 Å². The maximum atomic E-state index is 4.01. The van der Waals surface area contributed by atoms with Crippen LogP contribution in [0.2, 0.25) is 0 Å². The van der Waals surface area contributed by atoms with Crippen molar-refractivity contribution in [3.05, 3.63) is 0 Å². The molecule has 0 aromatic heterocycles. The Morgan fingerprint density at radius 2 is 1.78 bits per heavy atom. The fourth-order valence-electron chi connectivity index (χ4n) is 0.660. The average Bonchev–Trinajstić information content (AvgIpc) is 1.81. The second-order valence-corrected chi connectivity index (χ2v) is 3.72. The van der Waals surface area contributed by atoms with E-state index in [9.17, 15) is 0 Å². The van der Waals surface area contributed by atoms with Crippen LogP contribution in [0.3, 0.4) is 0 Å². The standard InChI is InChI=1S/C7H14N2/c1-6(2)5-8-9-7(6,3)4/h5,9H,1-4H3. The lowest BCUT2D eigenvalue weighted by Gasteiger charge is -2.31. The summed E-state index contributed by atoms with van der Waals surface area (Å²) >= 11 is 0. The predicted molar refractivity (Wildman–Crippen MR) is 39.5 cm³/mol. The molecule has 1 N–H and O–H groups in total. The van der Waals surface area contributed by atoms with E-state index in [1.54, 1.807) is 0 Å². The summed E-state index contributed by atoms with van der Waals surface area (Å²) in [6, 6.07) is 0. The molecule has 1 aliphatic heterocycles. The molecule has 0 saturated carbocycles. The molecule has 0 radical (unpaired) electrons. The Hall–Kier alpha value is -0.530. The second kappa shape index (κ2) is 1.49. The summed E-state index contributed by atoms with van der Waals surface area (Å²) in [5.41, 5.74) is 3.36. The number of nitrogens with one attached hydrogen (secondary N) is 1.